The second-order valence-corrected chi connectivity index (χ2v) is 8.52. The Balaban J connectivity index is 2.13. The maximum absolute atomic E-state index is 13.3. The van der Waals surface area contributed by atoms with Crippen LogP contribution in [-0.4, -0.2) is 50.0 Å². The van der Waals surface area contributed by atoms with Gasteiger partial charge in [0.15, 0.2) is 0 Å². The van der Waals surface area contributed by atoms with E-state index >= 15 is 0 Å². The number of rotatable bonds is 7. The summed E-state index contributed by atoms with van der Waals surface area (Å²) in [6.07, 6.45) is 4.88. The highest BCUT2D eigenvalue weighted by molar-refractivity contribution is 7.90. The van der Waals surface area contributed by atoms with E-state index in [9.17, 15) is 8.42 Å². The topological polar surface area (TPSA) is 64.4 Å². The molecule has 144 valence electrons. The van der Waals surface area contributed by atoms with E-state index in [-0.39, 0.29) is 4.90 Å². The van der Waals surface area contributed by atoms with E-state index in [1.165, 1.54) is 3.97 Å². The Hall–Kier alpha value is -2.38. The number of ether oxygens (including phenoxy) is 1. The van der Waals surface area contributed by atoms with Crippen molar-refractivity contribution >= 4 is 21.1 Å². The molecule has 0 aliphatic rings. The average molecular weight is 388 g/mol. The maximum atomic E-state index is 13.3. The molecule has 0 saturated carbocycles. The highest BCUT2D eigenvalue weighted by atomic mass is 32.2. The van der Waals surface area contributed by atoms with Crippen LogP contribution in [-0.2, 0) is 22.9 Å². The summed E-state index contributed by atoms with van der Waals surface area (Å²) >= 11 is 0. The van der Waals surface area contributed by atoms with Gasteiger partial charge in [-0.2, -0.15) is 0 Å². The van der Waals surface area contributed by atoms with Gasteiger partial charge in [-0.3, -0.25) is 4.98 Å². The third kappa shape index (κ3) is 3.70. The van der Waals surface area contributed by atoms with Crippen LogP contribution in [0, 0.1) is 0 Å². The third-order valence-corrected chi connectivity index (χ3v) is 6.30. The zero-order chi connectivity index (χ0) is 19.6. The van der Waals surface area contributed by atoms with Gasteiger partial charge in [-0.15, -0.1) is 0 Å². The summed E-state index contributed by atoms with van der Waals surface area (Å²) in [7, 11) is 1.78. The second-order valence-electron chi connectivity index (χ2n) is 6.71. The fourth-order valence-electron chi connectivity index (χ4n) is 3.11. The van der Waals surface area contributed by atoms with Gasteiger partial charge >= 0.3 is 0 Å². The molecule has 0 spiro atoms. The molecule has 0 N–H and O–H groups in total. The molecule has 27 heavy (non-hydrogen) atoms. The SMILES string of the molecule is CCc1ccc(S(=O)(=O)n2cc(CCN(C)C)c3ncccc32)cc1OC. The van der Waals surface area contributed by atoms with Crippen molar-refractivity contribution in [3.8, 4) is 5.75 Å². The predicted octanol–water partition coefficient (Wildman–Crippen LogP) is 2.95. The van der Waals surface area contributed by atoms with Gasteiger partial charge in [-0.25, -0.2) is 12.4 Å². The van der Waals surface area contributed by atoms with Crippen LogP contribution in [0.5, 0.6) is 5.75 Å². The molecule has 0 amide bonds. The Bertz CT molecular complexity index is 1060. The molecule has 0 unspecified atom stereocenters. The van der Waals surface area contributed by atoms with Gasteiger partial charge in [-0.05, 0) is 56.3 Å². The zero-order valence-corrected chi connectivity index (χ0v) is 17.0. The van der Waals surface area contributed by atoms with E-state index in [2.05, 4.69) is 9.88 Å². The molecule has 3 rings (SSSR count). The number of methoxy groups -OCH3 is 1. The molecule has 0 fully saturated rings. The highest BCUT2D eigenvalue weighted by Crippen LogP contribution is 2.28. The summed E-state index contributed by atoms with van der Waals surface area (Å²) in [5.74, 6) is 0.584. The number of likely N-dealkylation sites (N-methyl/N-ethyl adjacent to an activating group) is 1. The molecule has 3 aromatic rings. The first kappa shape index (κ1) is 19.4. The third-order valence-electron chi connectivity index (χ3n) is 4.63. The van der Waals surface area contributed by atoms with Crippen LogP contribution in [0.15, 0.2) is 47.6 Å². The van der Waals surface area contributed by atoms with Crippen LogP contribution < -0.4 is 4.74 Å². The molecule has 1 aromatic carbocycles. The summed E-state index contributed by atoms with van der Waals surface area (Å²) < 4.78 is 33.4. The van der Waals surface area contributed by atoms with Gasteiger partial charge in [0.2, 0.25) is 0 Å². The van der Waals surface area contributed by atoms with Crippen molar-refractivity contribution in [3.63, 3.8) is 0 Å². The van der Waals surface area contributed by atoms with Gasteiger partial charge in [0.1, 0.15) is 5.75 Å². The summed E-state index contributed by atoms with van der Waals surface area (Å²) in [6, 6.07) is 8.58. The Morgan fingerprint density at radius 1 is 1.19 bits per heavy atom. The Kier molecular flexibility index (Phi) is 5.53. The largest absolute Gasteiger partial charge is 0.496 e. The molecule has 0 bridgehead atoms. The van der Waals surface area contributed by atoms with Crippen LogP contribution >= 0.6 is 0 Å². The molecular weight excluding hydrogens is 362 g/mol. The minimum atomic E-state index is -3.76. The first-order valence-electron chi connectivity index (χ1n) is 8.90. The number of nitrogens with zero attached hydrogens (tertiary/aromatic N) is 3. The summed E-state index contributed by atoms with van der Waals surface area (Å²) in [5, 5.41) is 0. The predicted molar refractivity (Wildman–Crippen MR) is 107 cm³/mol. The van der Waals surface area contributed by atoms with Gasteiger partial charge < -0.3 is 9.64 Å². The second kappa shape index (κ2) is 7.70. The summed E-state index contributed by atoms with van der Waals surface area (Å²) in [4.78, 5) is 6.69. The van der Waals surface area contributed by atoms with E-state index in [1.54, 1.807) is 43.8 Å². The lowest BCUT2D eigenvalue weighted by atomic mass is 10.1. The van der Waals surface area contributed by atoms with E-state index < -0.39 is 10.0 Å². The molecule has 6 nitrogen and oxygen atoms in total. The number of pyridine rings is 1. The average Bonchev–Trinajstić information content (AvgIpc) is 3.05. The van der Waals surface area contributed by atoms with E-state index in [1.807, 2.05) is 27.1 Å². The molecule has 0 aliphatic heterocycles. The molecular formula is C20H25N3O3S. The number of aromatic nitrogens is 2. The van der Waals surface area contributed by atoms with E-state index in [4.69, 9.17) is 4.74 Å². The Labute approximate surface area is 160 Å². The van der Waals surface area contributed by atoms with Crippen LogP contribution in [0.25, 0.3) is 11.0 Å². The lowest BCUT2D eigenvalue weighted by Gasteiger charge is -2.11. The summed E-state index contributed by atoms with van der Waals surface area (Å²) in [5.41, 5.74) is 3.20. The van der Waals surface area contributed by atoms with Crippen molar-refractivity contribution in [1.82, 2.24) is 13.9 Å². The number of benzene rings is 1. The minimum Gasteiger partial charge on any atom is -0.496 e. The standard InChI is InChI=1S/C20H25N3O3S/c1-5-15-8-9-17(13-19(15)26-4)27(24,25)23-14-16(10-12-22(2)3)20-18(23)7-6-11-21-20/h6-9,11,13-14H,5,10,12H2,1-4H3. The van der Waals surface area contributed by atoms with Crippen molar-refractivity contribution in [3.05, 3.63) is 53.9 Å². The normalized spacial score (nSPS) is 12.0. The first-order chi connectivity index (χ1) is 12.9. The quantitative estimate of drug-likeness (QED) is 0.624. The van der Waals surface area contributed by atoms with E-state index in [0.29, 0.717) is 11.3 Å². The number of fused-ring (bicyclic) bond motifs is 1. The van der Waals surface area contributed by atoms with Crippen molar-refractivity contribution < 1.29 is 13.2 Å². The summed E-state index contributed by atoms with van der Waals surface area (Å²) in [6.45, 7) is 2.82. The number of hydrogen-bond acceptors (Lipinski definition) is 5. The number of aryl methyl sites for hydroxylation is 1. The lowest BCUT2D eigenvalue weighted by Crippen LogP contribution is -2.15. The van der Waals surface area contributed by atoms with Gasteiger partial charge in [0.05, 0.1) is 23.0 Å². The molecule has 2 aromatic heterocycles. The molecule has 2 heterocycles. The maximum Gasteiger partial charge on any atom is 0.268 e. The molecule has 0 atom stereocenters. The van der Waals surface area contributed by atoms with Gasteiger partial charge in [-0.1, -0.05) is 13.0 Å². The van der Waals surface area contributed by atoms with Crippen LogP contribution in [0.3, 0.4) is 0 Å². The van der Waals surface area contributed by atoms with E-state index in [0.717, 1.165) is 36.0 Å². The van der Waals surface area contributed by atoms with Crippen molar-refractivity contribution in [1.29, 1.82) is 0 Å². The molecule has 0 aliphatic carbocycles. The van der Waals surface area contributed by atoms with Crippen molar-refractivity contribution in [2.45, 2.75) is 24.7 Å². The van der Waals surface area contributed by atoms with Crippen molar-refractivity contribution in [2.75, 3.05) is 27.7 Å². The van der Waals surface area contributed by atoms with Gasteiger partial charge in [0, 0.05) is 25.0 Å². The smallest absolute Gasteiger partial charge is 0.268 e. The van der Waals surface area contributed by atoms with Gasteiger partial charge in [0.25, 0.3) is 10.0 Å². The zero-order valence-electron chi connectivity index (χ0n) is 16.1. The minimum absolute atomic E-state index is 0.205. The van der Waals surface area contributed by atoms with Crippen LogP contribution in [0.1, 0.15) is 18.1 Å². The lowest BCUT2D eigenvalue weighted by molar-refractivity contribution is 0.408. The Morgan fingerprint density at radius 2 is 1.96 bits per heavy atom. The number of hydrogen-bond donors (Lipinski definition) is 0. The fourth-order valence-corrected chi connectivity index (χ4v) is 4.51. The first-order valence-corrected chi connectivity index (χ1v) is 10.3. The molecule has 7 heteroatoms. The van der Waals surface area contributed by atoms with Crippen LogP contribution in [0.4, 0.5) is 0 Å². The highest BCUT2D eigenvalue weighted by Gasteiger charge is 2.23. The van der Waals surface area contributed by atoms with Crippen molar-refractivity contribution in [2.24, 2.45) is 0 Å². The molecule has 0 saturated heterocycles. The fraction of sp³-hybridized carbons (Fsp3) is 0.350. The van der Waals surface area contributed by atoms with Crippen LogP contribution in [0.2, 0.25) is 0 Å². The molecule has 0 radical (unpaired) electrons. The monoisotopic (exact) mass is 387 g/mol. The Morgan fingerprint density at radius 3 is 2.63 bits per heavy atom.